The lowest BCUT2D eigenvalue weighted by molar-refractivity contribution is -0.862. The predicted octanol–water partition coefficient (Wildman–Crippen LogP) is -2.18. The molecule has 1 amide bonds. The summed E-state index contributed by atoms with van der Waals surface area (Å²) in [4.78, 5) is 22.0. The van der Waals surface area contributed by atoms with Gasteiger partial charge >= 0.3 is 5.00 Å². The van der Waals surface area contributed by atoms with Gasteiger partial charge in [0.2, 0.25) is 0 Å². The summed E-state index contributed by atoms with van der Waals surface area (Å²) in [5, 5.41) is 14.3. The van der Waals surface area contributed by atoms with E-state index in [4.69, 9.17) is 0 Å². The molecule has 1 aromatic rings. The van der Waals surface area contributed by atoms with Crippen molar-refractivity contribution in [2.24, 2.45) is 5.10 Å². The highest BCUT2D eigenvalue weighted by Crippen LogP contribution is 2.22. The van der Waals surface area contributed by atoms with Gasteiger partial charge in [-0.3, -0.25) is 14.9 Å². The molecule has 0 bridgehead atoms. The first-order valence-corrected chi connectivity index (χ1v) is 5.96. The van der Waals surface area contributed by atoms with Gasteiger partial charge in [0.05, 0.1) is 37.2 Å². The molecule has 0 fully saturated rings. The number of rotatable bonds is 5. The van der Waals surface area contributed by atoms with Crippen molar-refractivity contribution in [1.29, 1.82) is 0 Å². The molecule has 1 heterocycles. The van der Waals surface area contributed by atoms with E-state index in [1.54, 1.807) is 6.07 Å². The lowest BCUT2D eigenvalue weighted by Crippen LogP contribution is -3.00. The molecular weight excluding hydrogens is 292 g/mol. The number of carbonyl (C=O) groups excluding carboxylic acids is 1. The van der Waals surface area contributed by atoms with Gasteiger partial charge in [-0.25, -0.2) is 5.43 Å². The SMILES string of the molecule is C[N+](C)(C)CC(=O)N/N=C/c1ccc([N+](=O)[O-])s1.[Cl-]. The summed E-state index contributed by atoms with van der Waals surface area (Å²) >= 11 is 1.00. The highest BCUT2D eigenvalue weighted by Gasteiger charge is 2.13. The first-order chi connectivity index (χ1) is 8.28. The van der Waals surface area contributed by atoms with Gasteiger partial charge in [-0.15, -0.1) is 0 Å². The lowest BCUT2D eigenvalue weighted by atomic mass is 10.5. The Morgan fingerprint density at radius 3 is 2.63 bits per heavy atom. The second-order valence-corrected chi connectivity index (χ2v) is 5.77. The van der Waals surface area contributed by atoms with E-state index in [9.17, 15) is 14.9 Å². The Bertz CT molecular complexity index is 481. The normalized spacial score (nSPS) is 11.1. The molecule has 1 aromatic heterocycles. The third-order valence-electron chi connectivity index (χ3n) is 1.79. The second-order valence-electron chi connectivity index (χ2n) is 4.67. The van der Waals surface area contributed by atoms with Crippen LogP contribution in [0.1, 0.15) is 4.88 Å². The van der Waals surface area contributed by atoms with Crippen LogP contribution in [-0.2, 0) is 4.79 Å². The van der Waals surface area contributed by atoms with E-state index < -0.39 is 4.92 Å². The molecule has 0 atom stereocenters. The van der Waals surface area contributed by atoms with Crippen molar-refractivity contribution >= 4 is 28.5 Å². The highest BCUT2D eigenvalue weighted by atomic mass is 35.5. The molecule has 1 N–H and O–H groups in total. The highest BCUT2D eigenvalue weighted by molar-refractivity contribution is 7.16. The zero-order valence-corrected chi connectivity index (χ0v) is 12.4. The van der Waals surface area contributed by atoms with E-state index >= 15 is 0 Å². The molecule has 0 aromatic carbocycles. The number of nitrogens with zero attached hydrogens (tertiary/aromatic N) is 3. The maximum Gasteiger partial charge on any atom is 0.324 e. The molecule has 7 nitrogen and oxygen atoms in total. The molecule has 0 saturated carbocycles. The number of amides is 1. The maximum absolute atomic E-state index is 11.4. The van der Waals surface area contributed by atoms with Crippen molar-refractivity contribution in [2.45, 2.75) is 0 Å². The fraction of sp³-hybridized carbons (Fsp3) is 0.400. The number of hydrogen-bond acceptors (Lipinski definition) is 5. The minimum absolute atomic E-state index is 0. The van der Waals surface area contributed by atoms with Gasteiger partial charge in [0.15, 0.2) is 6.54 Å². The van der Waals surface area contributed by atoms with Crippen LogP contribution >= 0.6 is 11.3 Å². The van der Waals surface area contributed by atoms with E-state index in [2.05, 4.69) is 10.5 Å². The van der Waals surface area contributed by atoms with Gasteiger partial charge < -0.3 is 16.9 Å². The van der Waals surface area contributed by atoms with Crippen LogP contribution in [0.25, 0.3) is 0 Å². The first kappa shape index (κ1) is 17.5. The quantitative estimate of drug-likeness (QED) is 0.290. The Morgan fingerprint density at radius 1 is 1.53 bits per heavy atom. The monoisotopic (exact) mass is 306 g/mol. The smallest absolute Gasteiger partial charge is 0.324 e. The summed E-state index contributed by atoms with van der Waals surface area (Å²) in [6.07, 6.45) is 1.39. The number of likely N-dealkylation sites (N-methyl/N-ethyl adjacent to an activating group) is 1. The Hall–Kier alpha value is -1.51. The summed E-state index contributed by atoms with van der Waals surface area (Å²) in [7, 11) is 5.68. The minimum atomic E-state index is -0.461. The molecule has 0 aliphatic carbocycles. The number of quaternary nitrogens is 1. The van der Waals surface area contributed by atoms with E-state index in [0.29, 0.717) is 15.9 Å². The largest absolute Gasteiger partial charge is 1.00 e. The number of nitrogens with one attached hydrogen (secondary N) is 1. The number of thiophene rings is 1. The summed E-state index contributed by atoms with van der Waals surface area (Å²) in [5.41, 5.74) is 2.38. The summed E-state index contributed by atoms with van der Waals surface area (Å²) in [6, 6.07) is 2.98. The van der Waals surface area contributed by atoms with Crippen LogP contribution in [0.5, 0.6) is 0 Å². The third kappa shape index (κ3) is 6.85. The molecule has 0 saturated heterocycles. The Morgan fingerprint density at radius 2 is 2.16 bits per heavy atom. The van der Waals surface area contributed by atoms with Gasteiger partial charge in [-0.05, 0) is 6.07 Å². The Kier molecular flexibility index (Phi) is 6.60. The third-order valence-corrected chi connectivity index (χ3v) is 2.76. The fourth-order valence-electron chi connectivity index (χ4n) is 1.14. The van der Waals surface area contributed by atoms with Gasteiger partial charge in [0.1, 0.15) is 0 Å². The second kappa shape index (κ2) is 7.17. The summed E-state index contributed by atoms with van der Waals surface area (Å²) in [5.74, 6) is -0.204. The van der Waals surface area contributed by atoms with Crippen LogP contribution < -0.4 is 17.8 Å². The number of hydrogen-bond donors (Lipinski definition) is 1. The van der Waals surface area contributed by atoms with Crippen LogP contribution in [0.3, 0.4) is 0 Å². The van der Waals surface area contributed by atoms with Crippen molar-refractivity contribution in [3.63, 3.8) is 0 Å². The molecule has 19 heavy (non-hydrogen) atoms. The Labute approximate surface area is 121 Å². The van der Waals surface area contributed by atoms with Crippen LogP contribution in [0.2, 0.25) is 0 Å². The van der Waals surface area contributed by atoms with Crippen LogP contribution in [0.15, 0.2) is 17.2 Å². The number of carbonyl (C=O) groups is 1. The lowest BCUT2D eigenvalue weighted by Gasteiger charge is -2.21. The molecule has 0 radical (unpaired) electrons. The number of hydrazone groups is 1. The summed E-state index contributed by atoms with van der Waals surface area (Å²) in [6.45, 7) is 0.307. The van der Waals surface area contributed by atoms with Crippen LogP contribution in [0.4, 0.5) is 5.00 Å². The molecule has 106 valence electrons. The van der Waals surface area contributed by atoms with Crippen LogP contribution in [-0.4, -0.2) is 49.2 Å². The van der Waals surface area contributed by atoms with Gasteiger partial charge in [-0.2, -0.15) is 5.10 Å². The minimum Gasteiger partial charge on any atom is -1.00 e. The molecule has 9 heteroatoms. The average molecular weight is 307 g/mol. The topological polar surface area (TPSA) is 84.6 Å². The first-order valence-electron chi connectivity index (χ1n) is 5.14. The molecular formula is C10H15ClN4O3S. The zero-order chi connectivity index (χ0) is 13.8. The average Bonchev–Trinajstić information content (AvgIpc) is 2.63. The fourth-order valence-corrected chi connectivity index (χ4v) is 1.84. The van der Waals surface area contributed by atoms with Crippen molar-refractivity contribution in [3.05, 3.63) is 27.1 Å². The van der Waals surface area contributed by atoms with E-state index in [1.165, 1.54) is 12.3 Å². The summed E-state index contributed by atoms with van der Waals surface area (Å²) < 4.78 is 0.506. The van der Waals surface area contributed by atoms with Crippen molar-refractivity contribution in [1.82, 2.24) is 5.43 Å². The van der Waals surface area contributed by atoms with Crippen molar-refractivity contribution in [3.8, 4) is 0 Å². The number of halogens is 1. The van der Waals surface area contributed by atoms with Gasteiger partial charge in [0, 0.05) is 6.07 Å². The maximum atomic E-state index is 11.4. The van der Waals surface area contributed by atoms with Crippen LogP contribution in [0, 0.1) is 10.1 Å². The number of nitro groups is 1. The molecule has 1 rings (SSSR count). The van der Waals surface area contributed by atoms with Crippen molar-refractivity contribution in [2.75, 3.05) is 27.7 Å². The standard InChI is InChI=1S/C10H14N4O3S.ClH/c1-14(2,3)7-9(15)12-11-6-8-4-5-10(18-8)13(16)17;/h4-6H,7H2,1-3H3;1H/b11-6+;. The van der Waals surface area contributed by atoms with E-state index in [0.717, 1.165) is 11.3 Å². The Balaban J connectivity index is 0.00000324. The zero-order valence-electron chi connectivity index (χ0n) is 10.8. The van der Waals surface area contributed by atoms with Gasteiger partial charge in [0.25, 0.3) is 5.91 Å². The molecule has 0 unspecified atom stereocenters. The molecule has 0 spiro atoms. The van der Waals surface area contributed by atoms with Crippen molar-refractivity contribution < 1.29 is 26.6 Å². The van der Waals surface area contributed by atoms with Gasteiger partial charge in [-0.1, -0.05) is 11.3 Å². The molecule has 0 aliphatic heterocycles. The van der Waals surface area contributed by atoms with E-state index in [1.807, 2.05) is 21.1 Å². The van der Waals surface area contributed by atoms with E-state index in [-0.39, 0.29) is 23.3 Å². The molecule has 0 aliphatic rings. The predicted molar refractivity (Wildman–Crippen MR) is 69.6 cm³/mol.